The predicted octanol–water partition coefficient (Wildman–Crippen LogP) is 4.10. The van der Waals surface area contributed by atoms with E-state index in [1.807, 2.05) is 38.1 Å². The second-order valence-corrected chi connectivity index (χ2v) is 7.39. The maximum absolute atomic E-state index is 13.2. The van der Waals surface area contributed by atoms with Crippen molar-refractivity contribution in [2.45, 2.75) is 19.9 Å². The van der Waals surface area contributed by atoms with Crippen LogP contribution < -0.4 is 25.4 Å². The summed E-state index contributed by atoms with van der Waals surface area (Å²) in [5, 5.41) is 10.1. The van der Waals surface area contributed by atoms with Gasteiger partial charge in [0, 0.05) is 22.0 Å². The number of amides is 1. The average Bonchev–Trinajstić information content (AvgIpc) is 2.69. The zero-order valence-electron chi connectivity index (χ0n) is 16.6. The van der Waals surface area contributed by atoms with Gasteiger partial charge in [0.2, 0.25) is 0 Å². The fourth-order valence-corrected chi connectivity index (χ4v) is 3.69. The zero-order valence-corrected chi connectivity index (χ0v) is 18.1. The summed E-state index contributed by atoms with van der Waals surface area (Å²) in [6, 6.07) is 10.4. The highest BCUT2D eigenvalue weighted by molar-refractivity contribution is 7.80. The van der Waals surface area contributed by atoms with Gasteiger partial charge in [0.25, 0.3) is 5.91 Å². The molecule has 2 aromatic carbocycles. The first-order valence-corrected chi connectivity index (χ1v) is 9.71. The normalized spacial score (nSPS) is 16.0. The van der Waals surface area contributed by atoms with Gasteiger partial charge >= 0.3 is 0 Å². The molecule has 3 rings (SSSR count). The molecule has 0 radical (unpaired) electrons. The summed E-state index contributed by atoms with van der Waals surface area (Å²) in [5.41, 5.74) is 3.42. The highest BCUT2D eigenvalue weighted by Gasteiger charge is 2.32. The third kappa shape index (κ3) is 4.31. The van der Waals surface area contributed by atoms with Crippen LogP contribution >= 0.6 is 23.8 Å². The largest absolute Gasteiger partial charge is 0.493 e. The standard InChI is InChI=1S/C21H22ClN3O3S/c1-11-8-9-13(10-15(11)22)24-20(26)17-12(2)23-21(29)25-18(17)14-6-5-7-16(27-3)19(14)28-4/h5-10,18H,1-4H3,(H,24,26)(H2,23,25,29)/t18-/m0/s1. The van der Waals surface area contributed by atoms with Gasteiger partial charge in [-0.25, -0.2) is 0 Å². The van der Waals surface area contributed by atoms with Gasteiger partial charge in [-0.3, -0.25) is 4.79 Å². The Morgan fingerprint density at radius 3 is 2.59 bits per heavy atom. The lowest BCUT2D eigenvalue weighted by molar-refractivity contribution is -0.113. The number of hydrogen-bond acceptors (Lipinski definition) is 4. The van der Waals surface area contributed by atoms with E-state index in [4.69, 9.17) is 33.3 Å². The number of rotatable bonds is 5. The quantitative estimate of drug-likeness (QED) is 0.619. The summed E-state index contributed by atoms with van der Waals surface area (Å²) < 4.78 is 11.0. The number of carbonyl (C=O) groups is 1. The minimum absolute atomic E-state index is 0.278. The highest BCUT2D eigenvalue weighted by Crippen LogP contribution is 2.39. The molecule has 0 bridgehead atoms. The number of anilines is 1. The van der Waals surface area contributed by atoms with E-state index in [0.29, 0.717) is 38.6 Å². The number of hydrogen-bond donors (Lipinski definition) is 3. The highest BCUT2D eigenvalue weighted by atomic mass is 35.5. The fraction of sp³-hybridized carbons (Fsp3) is 0.238. The lowest BCUT2D eigenvalue weighted by Crippen LogP contribution is -2.45. The number of carbonyl (C=O) groups excluding carboxylic acids is 1. The SMILES string of the molecule is COc1cccc([C@@H]2NC(=S)NC(C)=C2C(=O)Nc2ccc(C)c(Cl)c2)c1OC. The molecular weight excluding hydrogens is 410 g/mol. The Kier molecular flexibility index (Phi) is 6.30. The number of allylic oxidation sites excluding steroid dienone is 1. The minimum Gasteiger partial charge on any atom is -0.493 e. The van der Waals surface area contributed by atoms with Crippen molar-refractivity contribution >= 4 is 40.5 Å². The third-order valence-electron chi connectivity index (χ3n) is 4.69. The van der Waals surface area contributed by atoms with Gasteiger partial charge in [-0.2, -0.15) is 0 Å². The van der Waals surface area contributed by atoms with Gasteiger partial charge in [-0.1, -0.05) is 29.8 Å². The topological polar surface area (TPSA) is 71.6 Å². The number of aryl methyl sites for hydroxylation is 1. The van der Waals surface area contributed by atoms with E-state index in [1.165, 1.54) is 0 Å². The van der Waals surface area contributed by atoms with Crippen molar-refractivity contribution in [2.24, 2.45) is 0 Å². The average molecular weight is 432 g/mol. The van der Waals surface area contributed by atoms with Gasteiger partial charge in [-0.05, 0) is 49.8 Å². The summed E-state index contributed by atoms with van der Waals surface area (Å²) in [6.45, 7) is 3.71. The van der Waals surface area contributed by atoms with E-state index in [9.17, 15) is 4.79 Å². The van der Waals surface area contributed by atoms with E-state index in [0.717, 1.165) is 11.1 Å². The molecule has 1 atom stereocenters. The van der Waals surface area contributed by atoms with E-state index >= 15 is 0 Å². The smallest absolute Gasteiger partial charge is 0.255 e. The number of benzene rings is 2. The molecular formula is C21H22ClN3O3S. The van der Waals surface area contributed by atoms with Crippen molar-refractivity contribution in [1.82, 2.24) is 10.6 Å². The molecule has 29 heavy (non-hydrogen) atoms. The van der Waals surface area contributed by atoms with Gasteiger partial charge in [0.15, 0.2) is 16.6 Å². The lowest BCUT2D eigenvalue weighted by Gasteiger charge is -2.31. The van der Waals surface area contributed by atoms with Crippen molar-refractivity contribution in [3.63, 3.8) is 0 Å². The lowest BCUT2D eigenvalue weighted by atomic mass is 9.93. The van der Waals surface area contributed by atoms with E-state index < -0.39 is 6.04 Å². The monoisotopic (exact) mass is 431 g/mol. The van der Waals surface area contributed by atoms with Crippen LogP contribution in [0.1, 0.15) is 24.1 Å². The van der Waals surface area contributed by atoms with E-state index in [1.54, 1.807) is 26.4 Å². The first-order valence-electron chi connectivity index (χ1n) is 8.92. The van der Waals surface area contributed by atoms with Gasteiger partial charge in [0.05, 0.1) is 25.8 Å². The molecule has 0 aliphatic carbocycles. The van der Waals surface area contributed by atoms with Crippen LogP contribution in [0.25, 0.3) is 0 Å². The Morgan fingerprint density at radius 1 is 1.17 bits per heavy atom. The molecule has 0 saturated heterocycles. The molecule has 2 aromatic rings. The van der Waals surface area contributed by atoms with Crippen LogP contribution in [-0.4, -0.2) is 25.2 Å². The third-order valence-corrected chi connectivity index (χ3v) is 5.31. The first kappa shape index (κ1) is 21.0. The van der Waals surface area contributed by atoms with Crippen LogP contribution in [0.2, 0.25) is 5.02 Å². The van der Waals surface area contributed by atoms with Crippen molar-refractivity contribution in [1.29, 1.82) is 0 Å². The Hall–Kier alpha value is -2.77. The van der Waals surface area contributed by atoms with Crippen LogP contribution in [0, 0.1) is 6.92 Å². The van der Waals surface area contributed by atoms with Crippen molar-refractivity contribution in [3.05, 3.63) is 63.8 Å². The molecule has 0 fully saturated rings. The van der Waals surface area contributed by atoms with E-state index in [-0.39, 0.29) is 5.91 Å². The van der Waals surface area contributed by atoms with Crippen LogP contribution in [0.5, 0.6) is 11.5 Å². The molecule has 1 heterocycles. The fourth-order valence-electron chi connectivity index (χ4n) is 3.24. The summed E-state index contributed by atoms with van der Waals surface area (Å²) >= 11 is 11.5. The molecule has 1 aliphatic heterocycles. The molecule has 0 spiro atoms. The summed E-state index contributed by atoms with van der Waals surface area (Å²) in [7, 11) is 3.13. The maximum atomic E-state index is 13.2. The maximum Gasteiger partial charge on any atom is 0.255 e. The molecule has 0 aromatic heterocycles. The van der Waals surface area contributed by atoms with Crippen molar-refractivity contribution < 1.29 is 14.3 Å². The predicted molar refractivity (Wildman–Crippen MR) is 119 cm³/mol. The van der Waals surface area contributed by atoms with Gasteiger partial charge in [0.1, 0.15) is 0 Å². The Bertz CT molecular complexity index is 1010. The van der Waals surface area contributed by atoms with Crippen molar-refractivity contribution in [2.75, 3.05) is 19.5 Å². The number of para-hydroxylation sites is 1. The van der Waals surface area contributed by atoms with Crippen LogP contribution in [-0.2, 0) is 4.79 Å². The Labute approximate surface area is 180 Å². The molecule has 3 N–H and O–H groups in total. The van der Waals surface area contributed by atoms with Crippen LogP contribution in [0.15, 0.2) is 47.7 Å². The minimum atomic E-state index is -0.519. The summed E-state index contributed by atoms with van der Waals surface area (Å²) in [5.74, 6) is 0.826. The molecule has 1 amide bonds. The van der Waals surface area contributed by atoms with Crippen molar-refractivity contribution in [3.8, 4) is 11.5 Å². The first-order chi connectivity index (χ1) is 13.8. The van der Waals surface area contributed by atoms with Gasteiger partial charge < -0.3 is 25.4 Å². The second-order valence-electron chi connectivity index (χ2n) is 6.57. The van der Waals surface area contributed by atoms with Crippen LogP contribution in [0.4, 0.5) is 5.69 Å². The summed E-state index contributed by atoms with van der Waals surface area (Å²) in [4.78, 5) is 13.2. The number of nitrogens with one attached hydrogen (secondary N) is 3. The van der Waals surface area contributed by atoms with E-state index in [2.05, 4.69) is 16.0 Å². The number of thiocarbonyl (C=S) groups is 1. The molecule has 0 unspecified atom stereocenters. The molecule has 8 heteroatoms. The zero-order chi connectivity index (χ0) is 21.1. The Balaban J connectivity index is 2.02. The molecule has 6 nitrogen and oxygen atoms in total. The molecule has 0 saturated carbocycles. The second kappa shape index (κ2) is 8.71. The number of halogens is 1. The van der Waals surface area contributed by atoms with Crippen LogP contribution in [0.3, 0.4) is 0 Å². The summed E-state index contributed by atoms with van der Waals surface area (Å²) in [6.07, 6.45) is 0. The molecule has 1 aliphatic rings. The van der Waals surface area contributed by atoms with Gasteiger partial charge in [-0.15, -0.1) is 0 Å². The number of methoxy groups -OCH3 is 2. The Morgan fingerprint density at radius 2 is 1.93 bits per heavy atom. The molecule has 152 valence electrons. The number of ether oxygens (including phenoxy) is 2.